The van der Waals surface area contributed by atoms with E-state index in [1.165, 1.54) is 18.4 Å². The molecule has 0 radical (unpaired) electrons. The van der Waals surface area contributed by atoms with Gasteiger partial charge in [-0.05, 0) is 41.6 Å². The summed E-state index contributed by atoms with van der Waals surface area (Å²) in [6.07, 6.45) is 0.222. The molecule has 1 aromatic heterocycles. The number of nitrogens with zero attached hydrogens (tertiary/aromatic N) is 2. The van der Waals surface area contributed by atoms with Crippen LogP contribution < -0.4 is 15.5 Å². The highest BCUT2D eigenvalue weighted by Crippen LogP contribution is 2.30. The van der Waals surface area contributed by atoms with Crippen LogP contribution in [-0.2, 0) is 20.7 Å². The maximum absolute atomic E-state index is 13.3. The van der Waals surface area contributed by atoms with Gasteiger partial charge in [-0.25, -0.2) is 4.79 Å². The lowest BCUT2D eigenvalue weighted by atomic mass is 10.1. The number of anilines is 2. The molecule has 1 unspecified atom stereocenters. The maximum Gasteiger partial charge on any atom is 0.409 e. The highest BCUT2D eigenvalue weighted by atomic mass is 32.1. The predicted molar refractivity (Wildman–Crippen MR) is 153 cm³/mol. The minimum atomic E-state index is -1.02. The third-order valence-corrected chi connectivity index (χ3v) is 7.57. The van der Waals surface area contributed by atoms with Gasteiger partial charge in [-0.15, -0.1) is 11.3 Å². The first-order valence-electron chi connectivity index (χ1n) is 13.0. The molecule has 1 saturated heterocycles. The van der Waals surface area contributed by atoms with Crippen molar-refractivity contribution in [2.75, 3.05) is 43.5 Å². The van der Waals surface area contributed by atoms with Crippen molar-refractivity contribution in [2.45, 2.75) is 25.3 Å². The van der Waals surface area contributed by atoms with Gasteiger partial charge in [0, 0.05) is 36.6 Å². The predicted octanol–water partition coefficient (Wildman–Crippen LogP) is 4.15. The van der Waals surface area contributed by atoms with E-state index >= 15 is 0 Å². The topological polar surface area (TPSA) is 128 Å². The number of carboxylic acid groups (broad SMARTS) is 1. The molecule has 4 rings (SSSR count). The summed E-state index contributed by atoms with van der Waals surface area (Å²) in [4.78, 5) is 54.3. The lowest BCUT2D eigenvalue weighted by Crippen LogP contribution is -2.35. The smallest absolute Gasteiger partial charge is 0.409 e. The summed E-state index contributed by atoms with van der Waals surface area (Å²) in [6.45, 7) is 2.15. The van der Waals surface area contributed by atoms with Crippen LogP contribution in [0.3, 0.4) is 0 Å². The number of hydrogen-bond acceptors (Lipinski definition) is 7. The lowest BCUT2D eigenvalue weighted by Gasteiger charge is -2.26. The van der Waals surface area contributed by atoms with Crippen molar-refractivity contribution in [1.29, 1.82) is 0 Å². The monoisotopic (exact) mass is 564 g/mol. The Bertz CT molecular complexity index is 1330. The van der Waals surface area contributed by atoms with Crippen molar-refractivity contribution >= 4 is 46.6 Å². The van der Waals surface area contributed by atoms with Gasteiger partial charge < -0.3 is 30.3 Å². The van der Waals surface area contributed by atoms with E-state index in [-0.39, 0.29) is 30.4 Å². The van der Waals surface area contributed by atoms with Crippen LogP contribution in [0.4, 0.5) is 16.2 Å². The summed E-state index contributed by atoms with van der Waals surface area (Å²) < 4.78 is 4.87. The fraction of sp³-hybridized carbons (Fsp3) is 0.310. The molecule has 1 aliphatic rings. The first-order chi connectivity index (χ1) is 19.3. The molecule has 210 valence electrons. The summed E-state index contributed by atoms with van der Waals surface area (Å²) in [6, 6.07) is 17.3. The second-order valence-electron chi connectivity index (χ2n) is 9.38. The van der Waals surface area contributed by atoms with Crippen LogP contribution in [0.2, 0.25) is 0 Å². The van der Waals surface area contributed by atoms with Gasteiger partial charge in [0.05, 0.1) is 37.4 Å². The van der Waals surface area contributed by atoms with Crippen LogP contribution in [0.1, 0.15) is 39.7 Å². The van der Waals surface area contributed by atoms with E-state index in [0.717, 1.165) is 16.1 Å². The zero-order chi connectivity index (χ0) is 28.5. The van der Waals surface area contributed by atoms with Gasteiger partial charge in [0.1, 0.15) is 0 Å². The number of carbonyl (C=O) groups is 4. The number of thiophene rings is 1. The Hall–Kier alpha value is -4.38. The third kappa shape index (κ3) is 7.60. The summed E-state index contributed by atoms with van der Waals surface area (Å²) in [5.74, 6) is -1.71. The molecular formula is C29H32N4O6S. The Balaban J connectivity index is 1.59. The van der Waals surface area contributed by atoms with E-state index < -0.39 is 17.9 Å². The standard InChI is InChI=1S/C29H32N4O6S/c1-39-29(38)33-13-6-12-32(14-15-33)24-11-10-21(18-22(24)30-26(34)17-20-7-3-2-4-8-20)28(37)31-23(19-27(35)36)25-9-5-16-40-25/h2-5,7-11,16,18,23H,6,12-15,17,19H2,1H3,(H,30,34)(H,31,37)(H,35,36). The molecule has 11 heteroatoms. The van der Waals surface area contributed by atoms with Gasteiger partial charge >= 0.3 is 12.1 Å². The molecule has 3 N–H and O–H groups in total. The van der Waals surface area contributed by atoms with Crippen molar-refractivity contribution in [3.05, 3.63) is 82.0 Å². The van der Waals surface area contributed by atoms with E-state index in [2.05, 4.69) is 15.5 Å². The molecule has 0 saturated carbocycles. The van der Waals surface area contributed by atoms with Crippen molar-refractivity contribution < 1.29 is 29.0 Å². The number of nitrogens with one attached hydrogen (secondary N) is 2. The van der Waals surface area contributed by atoms with Crippen LogP contribution in [0.5, 0.6) is 0 Å². The van der Waals surface area contributed by atoms with Gasteiger partial charge in [0.25, 0.3) is 5.91 Å². The summed E-state index contributed by atoms with van der Waals surface area (Å²) >= 11 is 1.37. The van der Waals surface area contributed by atoms with Crippen LogP contribution in [0.15, 0.2) is 66.0 Å². The normalized spacial score (nSPS) is 14.1. The largest absolute Gasteiger partial charge is 0.481 e. The molecule has 0 bridgehead atoms. The molecule has 3 amide bonds. The van der Waals surface area contributed by atoms with Gasteiger partial charge in [-0.3, -0.25) is 14.4 Å². The van der Waals surface area contributed by atoms with Crippen molar-refractivity contribution in [1.82, 2.24) is 10.2 Å². The van der Waals surface area contributed by atoms with Crippen LogP contribution in [0, 0.1) is 0 Å². The Labute approximate surface area is 236 Å². The van der Waals surface area contributed by atoms with E-state index in [4.69, 9.17) is 4.74 Å². The molecule has 0 aliphatic carbocycles. The first-order valence-corrected chi connectivity index (χ1v) is 13.8. The molecule has 40 heavy (non-hydrogen) atoms. The number of hydrogen-bond donors (Lipinski definition) is 3. The van der Waals surface area contributed by atoms with Crippen molar-refractivity contribution in [2.24, 2.45) is 0 Å². The number of ether oxygens (including phenoxy) is 1. The maximum atomic E-state index is 13.3. The molecule has 2 heterocycles. The van der Waals surface area contributed by atoms with E-state index in [1.807, 2.05) is 35.7 Å². The van der Waals surface area contributed by atoms with Gasteiger partial charge in [-0.1, -0.05) is 36.4 Å². The molecule has 10 nitrogen and oxygen atoms in total. The highest BCUT2D eigenvalue weighted by molar-refractivity contribution is 7.10. The number of carbonyl (C=O) groups excluding carboxylic acids is 3. The molecule has 3 aromatic rings. The number of methoxy groups -OCH3 is 1. The average molecular weight is 565 g/mol. The minimum Gasteiger partial charge on any atom is -0.481 e. The fourth-order valence-electron chi connectivity index (χ4n) is 4.63. The van der Waals surface area contributed by atoms with Crippen molar-refractivity contribution in [3.63, 3.8) is 0 Å². The summed E-state index contributed by atoms with van der Waals surface area (Å²) in [5.41, 5.74) is 2.33. The third-order valence-electron chi connectivity index (χ3n) is 6.58. The van der Waals surface area contributed by atoms with Gasteiger partial charge in [-0.2, -0.15) is 0 Å². The number of aliphatic carboxylic acids is 1. The molecular weight excluding hydrogens is 532 g/mol. The molecule has 2 aromatic carbocycles. The number of rotatable bonds is 9. The zero-order valence-electron chi connectivity index (χ0n) is 22.2. The van der Waals surface area contributed by atoms with E-state index in [0.29, 0.717) is 38.3 Å². The fourth-order valence-corrected chi connectivity index (χ4v) is 5.41. The second-order valence-corrected chi connectivity index (χ2v) is 10.4. The lowest BCUT2D eigenvalue weighted by molar-refractivity contribution is -0.137. The summed E-state index contributed by atoms with van der Waals surface area (Å²) in [5, 5.41) is 17.0. The molecule has 1 aliphatic heterocycles. The highest BCUT2D eigenvalue weighted by Gasteiger charge is 2.24. The Morgan fingerprint density at radius 2 is 1.80 bits per heavy atom. The number of benzene rings is 2. The van der Waals surface area contributed by atoms with Crippen LogP contribution in [0.25, 0.3) is 0 Å². The molecule has 1 fully saturated rings. The van der Waals surface area contributed by atoms with Gasteiger partial charge in [0.15, 0.2) is 0 Å². The van der Waals surface area contributed by atoms with E-state index in [9.17, 15) is 24.3 Å². The molecule has 1 atom stereocenters. The zero-order valence-corrected chi connectivity index (χ0v) is 23.0. The second kappa shape index (κ2) is 13.6. The number of amides is 3. The van der Waals surface area contributed by atoms with Crippen LogP contribution in [-0.4, -0.2) is 67.2 Å². The summed E-state index contributed by atoms with van der Waals surface area (Å²) in [7, 11) is 1.36. The average Bonchev–Trinajstić information content (AvgIpc) is 3.37. The Morgan fingerprint density at radius 1 is 1.00 bits per heavy atom. The van der Waals surface area contributed by atoms with Crippen molar-refractivity contribution in [3.8, 4) is 0 Å². The SMILES string of the molecule is COC(=O)N1CCCN(c2ccc(C(=O)NC(CC(=O)O)c3cccs3)cc2NC(=O)Cc2ccccc2)CC1. The minimum absolute atomic E-state index is 0.159. The first kappa shape index (κ1) is 28.6. The van der Waals surface area contributed by atoms with E-state index in [1.54, 1.807) is 35.2 Å². The Morgan fingerprint density at radius 3 is 2.50 bits per heavy atom. The van der Waals surface area contributed by atoms with Gasteiger partial charge in [0.2, 0.25) is 5.91 Å². The molecule has 0 spiro atoms. The van der Waals surface area contributed by atoms with Crippen LogP contribution >= 0.6 is 11.3 Å². The Kier molecular flexibility index (Phi) is 9.74. The number of carboxylic acids is 1. The quantitative estimate of drug-likeness (QED) is 0.356.